The summed E-state index contributed by atoms with van der Waals surface area (Å²) in [6, 6.07) is 4.42. The molecule has 4 nitrogen and oxygen atoms in total. The molecule has 2 N–H and O–H groups in total. The van der Waals surface area contributed by atoms with E-state index in [0.717, 1.165) is 0 Å². The summed E-state index contributed by atoms with van der Waals surface area (Å²) < 4.78 is 18.7. The lowest BCUT2D eigenvalue weighted by molar-refractivity contribution is 0.235. The third kappa shape index (κ3) is 5.91. The monoisotopic (exact) mass is 282 g/mol. The van der Waals surface area contributed by atoms with Crippen molar-refractivity contribution in [2.24, 2.45) is 5.41 Å². The molecule has 2 amide bonds. The molecule has 1 aromatic carbocycles. The maximum absolute atomic E-state index is 13.6. The molecule has 1 aromatic rings. The molecule has 0 aliphatic rings. The first-order valence-electron chi connectivity index (χ1n) is 6.75. The van der Waals surface area contributed by atoms with Gasteiger partial charge in [-0.05, 0) is 30.0 Å². The zero-order chi connectivity index (χ0) is 15.2. The SMILES string of the molecule is CCOc1ccc(CNC(=O)NCC(C)(C)C)cc1F. The predicted octanol–water partition coefficient (Wildman–Crippen LogP) is 3.07. The first-order chi connectivity index (χ1) is 9.31. The van der Waals surface area contributed by atoms with E-state index in [1.165, 1.54) is 6.07 Å². The molecule has 0 bridgehead atoms. The second-order valence-electron chi connectivity index (χ2n) is 5.79. The Balaban J connectivity index is 2.45. The Morgan fingerprint density at radius 1 is 1.30 bits per heavy atom. The summed E-state index contributed by atoms with van der Waals surface area (Å²) in [5.41, 5.74) is 0.722. The number of halogens is 1. The molecule has 0 fully saturated rings. The first-order valence-corrected chi connectivity index (χ1v) is 6.75. The second-order valence-corrected chi connectivity index (χ2v) is 5.79. The van der Waals surface area contributed by atoms with Crippen LogP contribution in [0.5, 0.6) is 5.75 Å². The molecule has 0 atom stereocenters. The number of urea groups is 1. The van der Waals surface area contributed by atoms with E-state index in [2.05, 4.69) is 10.6 Å². The molecule has 20 heavy (non-hydrogen) atoms. The minimum atomic E-state index is -0.416. The summed E-state index contributed by atoms with van der Waals surface area (Å²) in [5.74, 6) is -0.185. The maximum Gasteiger partial charge on any atom is 0.315 e. The van der Waals surface area contributed by atoms with Crippen LogP contribution in [-0.4, -0.2) is 19.2 Å². The van der Waals surface area contributed by atoms with Gasteiger partial charge in [-0.3, -0.25) is 0 Å². The Morgan fingerprint density at radius 3 is 2.55 bits per heavy atom. The highest BCUT2D eigenvalue weighted by Crippen LogP contribution is 2.18. The van der Waals surface area contributed by atoms with Crippen LogP contribution in [0, 0.1) is 11.2 Å². The summed E-state index contributed by atoms with van der Waals surface area (Å²) in [4.78, 5) is 11.6. The van der Waals surface area contributed by atoms with E-state index in [9.17, 15) is 9.18 Å². The van der Waals surface area contributed by atoms with Crippen LogP contribution in [0.1, 0.15) is 33.3 Å². The molecule has 0 unspecified atom stereocenters. The number of carbonyl (C=O) groups excluding carboxylic acids is 1. The largest absolute Gasteiger partial charge is 0.491 e. The lowest BCUT2D eigenvalue weighted by atomic mass is 9.97. The van der Waals surface area contributed by atoms with Crippen LogP contribution >= 0.6 is 0 Å². The first kappa shape index (κ1) is 16.3. The standard InChI is InChI=1S/C15H23FN2O2/c1-5-20-13-7-6-11(8-12(13)16)9-17-14(19)18-10-15(2,3)4/h6-8H,5,9-10H2,1-4H3,(H2,17,18,19). The van der Waals surface area contributed by atoms with Crippen LogP contribution in [0.3, 0.4) is 0 Å². The van der Waals surface area contributed by atoms with Crippen LogP contribution in [-0.2, 0) is 6.54 Å². The quantitative estimate of drug-likeness (QED) is 0.872. The minimum absolute atomic E-state index is 0.0303. The van der Waals surface area contributed by atoms with Crippen LogP contribution in [0.2, 0.25) is 0 Å². The fourth-order valence-corrected chi connectivity index (χ4v) is 1.52. The highest BCUT2D eigenvalue weighted by atomic mass is 19.1. The molecule has 0 heterocycles. The summed E-state index contributed by atoms with van der Waals surface area (Å²) in [7, 11) is 0. The summed E-state index contributed by atoms with van der Waals surface area (Å²) >= 11 is 0. The molecule has 1 rings (SSSR count). The minimum Gasteiger partial charge on any atom is -0.491 e. The number of hydrogen-bond acceptors (Lipinski definition) is 2. The van der Waals surface area contributed by atoms with E-state index in [1.807, 2.05) is 20.8 Å². The number of carbonyl (C=O) groups is 1. The molecule has 0 aliphatic heterocycles. The number of hydrogen-bond donors (Lipinski definition) is 2. The van der Waals surface area contributed by atoms with Crippen molar-refractivity contribution >= 4 is 6.03 Å². The van der Waals surface area contributed by atoms with Gasteiger partial charge in [0.15, 0.2) is 11.6 Å². The van der Waals surface area contributed by atoms with Crippen molar-refractivity contribution in [3.8, 4) is 5.75 Å². The highest BCUT2D eigenvalue weighted by molar-refractivity contribution is 5.73. The molecule has 112 valence electrons. The van der Waals surface area contributed by atoms with Crippen molar-refractivity contribution in [1.29, 1.82) is 0 Å². The van der Waals surface area contributed by atoms with Gasteiger partial charge in [-0.2, -0.15) is 0 Å². The summed E-state index contributed by atoms with van der Waals surface area (Å²) in [6.07, 6.45) is 0. The van der Waals surface area contributed by atoms with Gasteiger partial charge in [-0.25, -0.2) is 9.18 Å². The molecule has 0 aliphatic carbocycles. The van der Waals surface area contributed by atoms with Gasteiger partial charge in [-0.1, -0.05) is 26.8 Å². The van der Waals surface area contributed by atoms with Crippen molar-refractivity contribution in [3.63, 3.8) is 0 Å². The molecule has 0 radical (unpaired) electrons. The van der Waals surface area contributed by atoms with Crippen molar-refractivity contribution in [2.75, 3.05) is 13.2 Å². The van der Waals surface area contributed by atoms with Gasteiger partial charge in [-0.15, -0.1) is 0 Å². The van der Waals surface area contributed by atoms with Crippen LogP contribution in [0.4, 0.5) is 9.18 Å². The van der Waals surface area contributed by atoms with Gasteiger partial charge < -0.3 is 15.4 Å². The summed E-state index contributed by atoms with van der Waals surface area (Å²) in [5, 5.41) is 5.46. The molecule has 0 spiro atoms. The van der Waals surface area contributed by atoms with E-state index >= 15 is 0 Å². The number of ether oxygens (including phenoxy) is 1. The van der Waals surface area contributed by atoms with Crippen LogP contribution in [0.15, 0.2) is 18.2 Å². The number of nitrogens with one attached hydrogen (secondary N) is 2. The fraction of sp³-hybridized carbons (Fsp3) is 0.533. The Bertz CT molecular complexity index is 456. The summed E-state index contributed by atoms with van der Waals surface area (Å²) in [6.45, 7) is 9.19. The van der Waals surface area contributed by atoms with E-state index in [-0.39, 0.29) is 23.7 Å². The highest BCUT2D eigenvalue weighted by Gasteiger charge is 2.11. The van der Waals surface area contributed by atoms with Crippen molar-refractivity contribution in [3.05, 3.63) is 29.6 Å². The average molecular weight is 282 g/mol. The van der Waals surface area contributed by atoms with E-state index in [0.29, 0.717) is 18.7 Å². The zero-order valence-corrected chi connectivity index (χ0v) is 12.5. The average Bonchev–Trinajstić information content (AvgIpc) is 2.36. The fourth-order valence-electron chi connectivity index (χ4n) is 1.52. The van der Waals surface area contributed by atoms with Gasteiger partial charge in [0.2, 0.25) is 0 Å². The topological polar surface area (TPSA) is 50.4 Å². The van der Waals surface area contributed by atoms with Crippen molar-refractivity contribution in [2.45, 2.75) is 34.2 Å². The van der Waals surface area contributed by atoms with Crippen LogP contribution < -0.4 is 15.4 Å². The third-order valence-corrected chi connectivity index (χ3v) is 2.53. The Labute approximate surface area is 119 Å². The predicted molar refractivity (Wildman–Crippen MR) is 77.3 cm³/mol. The van der Waals surface area contributed by atoms with Gasteiger partial charge in [0.1, 0.15) is 0 Å². The second kappa shape index (κ2) is 7.12. The molecular weight excluding hydrogens is 259 g/mol. The lowest BCUT2D eigenvalue weighted by Crippen LogP contribution is -2.39. The van der Waals surface area contributed by atoms with Crippen molar-refractivity contribution in [1.82, 2.24) is 10.6 Å². The van der Waals surface area contributed by atoms with Crippen molar-refractivity contribution < 1.29 is 13.9 Å². The van der Waals surface area contributed by atoms with E-state index in [1.54, 1.807) is 19.1 Å². The zero-order valence-electron chi connectivity index (χ0n) is 12.5. The molecular formula is C15H23FN2O2. The maximum atomic E-state index is 13.6. The smallest absolute Gasteiger partial charge is 0.315 e. The van der Waals surface area contributed by atoms with Crippen LogP contribution in [0.25, 0.3) is 0 Å². The van der Waals surface area contributed by atoms with Gasteiger partial charge in [0.25, 0.3) is 0 Å². The van der Waals surface area contributed by atoms with Gasteiger partial charge >= 0.3 is 6.03 Å². The van der Waals surface area contributed by atoms with Gasteiger partial charge in [0.05, 0.1) is 6.61 Å². The lowest BCUT2D eigenvalue weighted by Gasteiger charge is -2.19. The Hall–Kier alpha value is -1.78. The molecule has 0 saturated heterocycles. The molecule has 0 aromatic heterocycles. The Morgan fingerprint density at radius 2 is 2.00 bits per heavy atom. The normalized spacial score (nSPS) is 11.1. The number of benzene rings is 1. The van der Waals surface area contributed by atoms with E-state index < -0.39 is 5.82 Å². The number of amides is 2. The Kier molecular flexibility index (Phi) is 5.80. The number of rotatable bonds is 5. The van der Waals surface area contributed by atoms with Gasteiger partial charge in [0, 0.05) is 13.1 Å². The molecule has 5 heteroatoms. The molecule has 0 saturated carbocycles. The van der Waals surface area contributed by atoms with E-state index in [4.69, 9.17) is 4.74 Å². The third-order valence-electron chi connectivity index (χ3n) is 2.53.